The number of hydrogen-bond acceptors (Lipinski definition) is 3. The van der Waals surface area contributed by atoms with Crippen LogP contribution in [0.5, 0.6) is 0 Å². The van der Waals surface area contributed by atoms with Crippen LogP contribution in [-0.2, 0) is 8.85 Å². The predicted octanol–water partition coefficient (Wildman–Crippen LogP) is 2.89. The van der Waals surface area contributed by atoms with Gasteiger partial charge in [0.05, 0.1) is 0 Å². The van der Waals surface area contributed by atoms with Gasteiger partial charge >= 0.3 is 8.72 Å². The van der Waals surface area contributed by atoms with Gasteiger partial charge in [0.2, 0.25) is 0 Å². The maximum atomic E-state index is 5.89. The summed E-state index contributed by atoms with van der Waals surface area (Å²) in [6, 6.07) is 0. The highest BCUT2D eigenvalue weighted by atomic mass is 28.4. The van der Waals surface area contributed by atoms with Crippen LogP contribution in [0, 0.1) is 0 Å². The predicted molar refractivity (Wildman–Crippen MR) is 69.5 cm³/mol. The van der Waals surface area contributed by atoms with Gasteiger partial charge in [-0.05, 0) is 25.9 Å². The fourth-order valence-electron chi connectivity index (χ4n) is 2.79. The quantitative estimate of drug-likeness (QED) is 0.714. The lowest BCUT2D eigenvalue weighted by Crippen LogP contribution is -2.63. The summed E-state index contributed by atoms with van der Waals surface area (Å²) >= 11 is 0. The molecule has 0 spiro atoms. The molecule has 0 saturated carbocycles. The Morgan fingerprint density at radius 3 is 1.62 bits per heavy atom. The molecule has 1 saturated heterocycles. The van der Waals surface area contributed by atoms with Crippen LogP contribution in [0.3, 0.4) is 0 Å². The van der Waals surface area contributed by atoms with E-state index in [1.807, 2.05) is 14.2 Å². The van der Waals surface area contributed by atoms with E-state index < -0.39 is 8.72 Å². The van der Waals surface area contributed by atoms with Crippen molar-refractivity contribution in [3.8, 4) is 0 Å². The van der Waals surface area contributed by atoms with Crippen molar-refractivity contribution in [3.05, 3.63) is 0 Å². The largest absolute Gasteiger partial charge is 0.432 e. The van der Waals surface area contributed by atoms with Crippen molar-refractivity contribution >= 4 is 8.72 Å². The van der Waals surface area contributed by atoms with Crippen LogP contribution < -0.4 is 0 Å². The first-order chi connectivity index (χ1) is 7.48. The summed E-state index contributed by atoms with van der Waals surface area (Å²) in [5.74, 6) is 0. The van der Waals surface area contributed by atoms with Gasteiger partial charge in [-0.1, -0.05) is 33.6 Å². The smallest absolute Gasteiger partial charge is 0.386 e. The van der Waals surface area contributed by atoms with E-state index in [1.54, 1.807) is 0 Å². The van der Waals surface area contributed by atoms with Gasteiger partial charge in [0.15, 0.2) is 0 Å². The molecule has 0 aliphatic carbocycles. The Bertz CT molecular complexity index is 204. The second-order valence-corrected chi connectivity index (χ2v) is 9.75. The lowest BCUT2D eigenvalue weighted by atomic mass is 10.2. The molecular weight excluding hydrogens is 218 g/mol. The van der Waals surface area contributed by atoms with E-state index in [4.69, 9.17) is 8.85 Å². The van der Waals surface area contributed by atoms with Crippen LogP contribution >= 0.6 is 0 Å². The van der Waals surface area contributed by atoms with Crippen LogP contribution in [0.2, 0.25) is 5.04 Å². The Morgan fingerprint density at radius 1 is 0.875 bits per heavy atom. The van der Waals surface area contributed by atoms with E-state index in [0.29, 0.717) is 0 Å². The minimum Gasteiger partial charge on any atom is -0.386 e. The van der Waals surface area contributed by atoms with E-state index in [9.17, 15) is 0 Å². The van der Waals surface area contributed by atoms with E-state index in [1.165, 1.54) is 25.7 Å². The minimum atomic E-state index is -2.24. The van der Waals surface area contributed by atoms with Crippen LogP contribution in [0.4, 0.5) is 0 Å². The summed E-state index contributed by atoms with van der Waals surface area (Å²) < 4.78 is 14.3. The van der Waals surface area contributed by atoms with Crippen LogP contribution in [0.15, 0.2) is 0 Å². The zero-order valence-electron chi connectivity index (χ0n) is 11.5. The molecular formula is C12H27NO2Si. The van der Waals surface area contributed by atoms with E-state index in [0.717, 1.165) is 13.1 Å². The standard InChI is InChI=1S/C12H27NO2Si/c1-12(2,3)16(14-4,15-5)13-10-8-6-7-9-11-13/h6-11H2,1-5H3. The summed E-state index contributed by atoms with van der Waals surface area (Å²) in [7, 11) is 1.38. The van der Waals surface area contributed by atoms with Crippen LogP contribution in [-0.4, -0.2) is 40.6 Å². The van der Waals surface area contributed by atoms with E-state index >= 15 is 0 Å². The third-order valence-electron chi connectivity index (χ3n) is 3.52. The summed E-state index contributed by atoms with van der Waals surface area (Å²) in [4.78, 5) is 0. The molecule has 0 bridgehead atoms. The van der Waals surface area contributed by atoms with Gasteiger partial charge in [-0.25, -0.2) is 0 Å². The van der Waals surface area contributed by atoms with Crippen molar-refractivity contribution in [2.45, 2.75) is 51.5 Å². The highest BCUT2D eigenvalue weighted by Crippen LogP contribution is 2.40. The van der Waals surface area contributed by atoms with Gasteiger partial charge in [-0.2, -0.15) is 0 Å². The molecule has 1 heterocycles. The molecule has 0 N–H and O–H groups in total. The fraction of sp³-hybridized carbons (Fsp3) is 1.00. The maximum absolute atomic E-state index is 5.89. The molecule has 3 nitrogen and oxygen atoms in total. The molecule has 0 unspecified atom stereocenters. The molecule has 0 atom stereocenters. The van der Waals surface area contributed by atoms with Gasteiger partial charge < -0.3 is 8.85 Å². The Morgan fingerprint density at radius 2 is 1.31 bits per heavy atom. The van der Waals surface area contributed by atoms with Gasteiger partial charge in [-0.15, -0.1) is 0 Å². The minimum absolute atomic E-state index is 0.0842. The first-order valence-electron chi connectivity index (χ1n) is 6.33. The van der Waals surface area contributed by atoms with Crippen molar-refractivity contribution in [2.75, 3.05) is 27.3 Å². The lowest BCUT2D eigenvalue weighted by molar-refractivity contribution is 0.138. The molecule has 0 aromatic heterocycles. The SMILES string of the molecule is CO[Si](OC)(N1CCCCCC1)C(C)(C)C. The third-order valence-corrected chi connectivity index (χ3v) is 7.81. The summed E-state index contributed by atoms with van der Waals surface area (Å²) in [6.45, 7) is 8.96. The van der Waals surface area contributed by atoms with Gasteiger partial charge in [-0.3, -0.25) is 4.57 Å². The van der Waals surface area contributed by atoms with Crippen molar-refractivity contribution < 1.29 is 8.85 Å². The topological polar surface area (TPSA) is 21.7 Å². The second kappa shape index (κ2) is 5.62. The van der Waals surface area contributed by atoms with Gasteiger partial charge in [0, 0.05) is 19.3 Å². The summed E-state index contributed by atoms with van der Waals surface area (Å²) in [5.41, 5.74) is 0. The van der Waals surface area contributed by atoms with Crippen LogP contribution in [0.25, 0.3) is 0 Å². The molecule has 1 aliphatic rings. The van der Waals surface area contributed by atoms with Crippen molar-refractivity contribution in [1.82, 2.24) is 4.57 Å². The molecule has 1 rings (SSSR count). The monoisotopic (exact) mass is 245 g/mol. The maximum Gasteiger partial charge on any atom is 0.432 e. The molecule has 16 heavy (non-hydrogen) atoms. The number of nitrogens with zero attached hydrogens (tertiary/aromatic N) is 1. The highest BCUT2D eigenvalue weighted by molar-refractivity contribution is 6.67. The molecule has 1 fully saturated rings. The van der Waals surface area contributed by atoms with E-state index in [2.05, 4.69) is 25.3 Å². The Hall–Kier alpha value is 0.0969. The number of rotatable bonds is 3. The Kier molecular flexibility index (Phi) is 4.98. The molecule has 1 aliphatic heterocycles. The first kappa shape index (κ1) is 14.2. The van der Waals surface area contributed by atoms with Gasteiger partial charge in [0.1, 0.15) is 0 Å². The average molecular weight is 245 g/mol. The van der Waals surface area contributed by atoms with Crippen molar-refractivity contribution in [2.24, 2.45) is 0 Å². The highest BCUT2D eigenvalue weighted by Gasteiger charge is 2.53. The summed E-state index contributed by atoms with van der Waals surface area (Å²) in [5, 5.41) is 0.0842. The van der Waals surface area contributed by atoms with E-state index in [-0.39, 0.29) is 5.04 Å². The first-order valence-corrected chi connectivity index (χ1v) is 8.09. The zero-order chi connectivity index (χ0) is 12.2. The van der Waals surface area contributed by atoms with Crippen molar-refractivity contribution in [3.63, 3.8) is 0 Å². The third kappa shape index (κ3) is 2.67. The Labute approximate surface area is 101 Å². The molecule has 0 amide bonds. The second-order valence-electron chi connectivity index (χ2n) is 5.64. The number of hydrogen-bond donors (Lipinski definition) is 0. The molecule has 4 heteroatoms. The van der Waals surface area contributed by atoms with Gasteiger partial charge in [0.25, 0.3) is 0 Å². The normalized spacial score (nSPS) is 20.8. The van der Waals surface area contributed by atoms with Crippen LogP contribution in [0.1, 0.15) is 46.5 Å². The fourth-order valence-corrected chi connectivity index (χ4v) is 6.55. The lowest BCUT2D eigenvalue weighted by Gasteiger charge is -2.45. The molecule has 96 valence electrons. The molecule has 0 aromatic carbocycles. The average Bonchev–Trinajstić information content (AvgIpc) is 2.47. The Balaban J connectivity index is 2.90. The molecule has 0 aromatic rings. The summed E-state index contributed by atoms with van der Waals surface area (Å²) in [6.07, 6.45) is 5.24. The zero-order valence-corrected chi connectivity index (χ0v) is 12.5. The molecule has 0 radical (unpaired) electrons. The van der Waals surface area contributed by atoms with Crippen molar-refractivity contribution in [1.29, 1.82) is 0 Å².